The summed E-state index contributed by atoms with van der Waals surface area (Å²) in [5.41, 5.74) is 1.55. The van der Waals surface area contributed by atoms with Gasteiger partial charge in [-0.05, 0) is 38.2 Å². The Bertz CT molecular complexity index is 865. The first kappa shape index (κ1) is 25.1. The van der Waals surface area contributed by atoms with Crippen molar-refractivity contribution in [1.82, 2.24) is 10.6 Å². The molecule has 8 nitrogen and oxygen atoms in total. The summed E-state index contributed by atoms with van der Waals surface area (Å²) < 4.78 is 11.7. The van der Waals surface area contributed by atoms with E-state index < -0.39 is 24.0 Å². The van der Waals surface area contributed by atoms with Crippen LogP contribution in [0.25, 0.3) is 0 Å². The lowest BCUT2D eigenvalue weighted by Crippen LogP contribution is -2.46. The molecular weight excluding hydrogens is 410 g/mol. The number of hydrogen-bond acceptors (Lipinski definition) is 5. The standard InChI is InChI=1S/C24H33N3O5/c1-5-17(2)21(23(29)31-4)26-22(28)20-12-9-13-27(15-20)16-32-24(30)25-18(3)14-19-10-7-6-8-11-19/h7,9-13,15,17-18,21H,5-6,8,14,16H2,1-4H3,(H-,25,26,28,30)/p+1/t17-,18-,21-/m0/s1. The highest BCUT2D eigenvalue weighted by molar-refractivity contribution is 5.96. The molecule has 3 atom stereocenters. The van der Waals surface area contributed by atoms with E-state index in [9.17, 15) is 14.4 Å². The Morgan fingerprint density at radius 2 is 1.97 bits per heavy atom. The van der Waals surface area contributed by atoms with Crippen molar-refractivity contribution in [1.29, 1.82) is 0 Å². The fraction of sp³-hybridized carbons (Fsp3) is 0.500. The first-order chi connectivity index (χ1) is 15.3. The van der Waals surface area contributed by atoms with E-state index in [1.807, 2.05) is 20.8 Å². The smallest absolute Gasteiger partial charge is 0.412 e. The number of carbonyl (C=O) groups excluding carboxylic acids is 3. The summed E-state index contributed by atoms with van der Waals surface area (Å²) in [4.78, 5) is 36.8. The van der Waals surface area contributed by atoms with Crippen molar-refractivity contribution in [2.24, 2.45) is 5.92 Å². The maximum absolute atomic E-state index is 12.7. The summed E-state index contributed by atoms with van der Waals surface area (Å²) in [5.74, 6) is -0.955. The lowest BCUT2D eigenvalue weighted by atomic mass is 9.99. The number of pyridine rings is 1. The van der Waals surface area contributed by atoms with Crippen LogP contribution in [0.2, 0.25) is 0 Å². The predicted octanol–water partition coefficient (Wildman–Crippen LogP) is 3.03. The van der Waals surface area contributed by atoms with E-state index in [2.05, 4.69) is 28.9 Å². The monoisotopic (exact) mass is 444 g/mol. The molecule has 8 heteroatoms. The highest BCUT2D eigenvalue weighted by Crippen LogP contribution is 2.15. The number of allylic oxidation sites excluding steroid dienone is 3. The quantitative estimate of drug-likeness (QED) is 0.427. The third kappa shape index (κ3) is 7.83. The maximum Gasteiger partial charge on any atom is 0.412 e. The normalized spacial score (nSPS) is 15.7. The first-order valence-electron chi connectivity index (χ1n) is 11.0. The first-order valence-corrected chi connectivity index (χ1v) is 11.0. The molecule has 0 bridgehead atoms. The molecule has 0 aromatic carbocycles. The second kappa shape index (κ2) is 12.6. The van der Waals surface area contributed by atoms with Gasteiger partial charge in [-0.2, -0.15) is 4.57 Å². The number of aromatic nitrogens is 1. The molecule has 0 saturated heterocycles. The van der Waals surface area contributed by atoms with E-state index >= 15 is 0 Å². The Morgan fingerprint density at radius 1 is 1.19 bits per heavy atom. The van der Waals surface area contributed by atoms with Gasteiger partial charge in [0.2, 0.25) is 0 Å². The molecule has 2 rings (SSSR count). The highest BCUT2D eigenvalue weighted by Gasteiger charge is 2.27. The van der Waals surface area contributed by atoms with E-state index in [4.69, 9.17) is 9.47 Å². The average molecular weight is 445 g/mol. The Kier molecular flexibility index (Phi) is 9.91. The van der Waals surface area contributed by atoms with Crippen LogP contribution in [-0.2, 0) is 21.0 Å². The van der Waals surface area contributed by atoms with Crippen molar-refractivity contribution in [2.45, 2.75) is 65.3 Å². The summed E-state index contributed by atoms with van der Waals surface area (Å²) in [5, 5.41) is 5.55. The number of alkyl carbamates (subject to hydrolysis) is 1. The Hall–Kier alpha value is -3.16. The van der Waals surface area contributed by atoms with Crippen LogP contribution >= 0.6 is 0 Å². The molecule has 0 fully saturated rings. The number of nitrogens with one attached hydrogen (secondary N) is 2. The van der Waals surface area contributed by atoms with Crippen molar-refractivity contribution in [2.75, 3.05) is 7.11 Å². The van der Waals surface area contributed by atoms with Gasteiger partial charge in [0.1, 0.15) is 11.6 Å². The lowest BCUT2D eigenvalue weighted by Gasteiger charge is -2.21. The van der Waals surface area contributed by atoms with Gasteiger partial charge in [-0.25, -0.2) is 9.59 Å². The zero-order valence-electron chi connectivity index (χ0n) is 19.3. The van der Waals surface area contributed by atoms with Crippen LogP contribution in [0.4, 0.5) is 4.79 Å². The lowest BCUT2D eigenvalue weighted by molar-refractivity contribution is -0.727. The van der Waals surface area contributed by atoms with Crippen LogP contribution in [0.3, 0.4) is 0 Å². The molecule has 1 aliphatic rings. The van der Waals surface area contributed by atoms with Crippen LogP contribution in [0, 0.1) is 5.92 Å². The summed E-state index contributed by atoms with van der Waals surface area (Å²) in [7, 11) is 1.30. The van der Waals surface area contributed by atoms with Crippen LogP contribution in [0.5, 0.6) is 0 Å². The fourth-order valence-corrected chi connectivity index (χ4v) is 3.36. The van der Waals surface area contributed by atoms with Gasteiger partial charge in [0, 0.05) is 12.1 Å². The molecule has 0 radical (unpaired) electrons. The molecule has 1 heterocycles. The second-order valence-electron chi connectivity index (χ2n) is 8.04. The largest absolute Gasteiger partial charge is 0.467 e. The third-order valence-electron chi connectivity index (χ3n) is 5.40. The fourth-order valence-electron chi connectivity index (χ4n) is 3.36. The number of methoxy groups -OCH3 is 1. The second-order valence-corrected chi connectivity index (χ2v) is 8.04. The average Bonchev–Trinajstić information content (AvgIpc) is 2.80. The van der Waals surface area contributed by atoms with Gasteiger partial charge in [-0.1, -0.05) is 44.1 Å². The van der Waals surface area contributed by atoms with Crippen molar-refractivity contribution in [3.63, 3.8) is 0 Å². The summed E-state index contributed by atoms with van der Waals surface area (Å²) >= 11 is 0. The molecular formula is C24H34N3O5+. The number of amides is 2. The molecule has 0 aliphatic heterocycles. The number of hydrogen-bond donors (Lipinski definition) is 2. The topological polar surface area (TPSA) is 97.6 Å². The van der Waals surface area contributed by atoms with Gasteiger partial charge < -0.3 is 20.1 Å². The Labute approximate surface area is 189 Å². The highest BCUT2D eigenvalue weighted by atomic mass is 16.6. The van der Waals surface area contributed by atoms with E-state index in [0.29, 0.717) is 12.0 Å². The minimum Gasteiger partial charge on any atom is -0.467 e. The van der Waals surface area contributed by atoms with Crippen molar-refractivity contribution in [3.05, 3.63) is 53.9 Å². The number of nitrogens with zero attached hydrogens (tertiary/aromatic N) is 1. The number of carbonyl (C=O) groups is 3. The molecule has 32 heavy (non-hydrogen) atoms. The minimum absolute atomic E-state index is 0.0476. The summed E-state index contributed by atoms with van der Waals surface area (Å²) in [6.07, 6.45) is 12.7. The molecule has 1 aromatic rings. The third-order valence-corrected chi connectivity index (χ3v) is 5.40. The van der Waals surface area contributed by atoms with Gasteiger partial charge in [-0.15, -0.1) is 0 Å². The molecule has 0 unspecified atom stereocenters. The summed E-state index contributed by atoms with van der Waals surface area (Å²) in [6, 6.07) is 2.51. The Balaban J connectivity index is 1.89. The number of ether oxygens (including phenoxy) is 2. The SMILES string of the molecule is CC[C@H](C)[C@H](NC(=O)c1ccc[n+](COC(=O)N[C@@H](C)CC2=CCCC=C2)c1)C(=O)OC. The molecule has 0 saturated carbocycles. The maximum atomic E-state index is 12.7. The van der Waals surface area contributed by atoms with Crippen molar-refractivity contribution < 1.29 is 28.4 Å². The van der Waals surface area contributed by atoms with Gasteiger partial charge in [0.15, 0.2) is 12.4 Å². The Morgan fingerprint density at radius 3 is 2.62 bits per heavy atom. The van der Waals surface area contributed by atoms with E-state index in [-0.39, 0.29) is 18.7 Å². The summed E-state index contributed by atoms with van der Waals surface area (Å²) in [6.45, 7) is 5.70. The van der Waals surface area contributed by atoms with Gasteiger partial charge in [-0.3, -0.25) is 4.79 Å². The van der Waals surface area contributed by atoms with Crippen LogP contribution in [0.15, 0.2) is 48.3 Å². The molecule has 2 amide bonds. The van der Waals surface area contributed by atoms with Crippen molar-refractivity contribution in [3.8, 4) is 0 Å². The zero-order valence-corrected chi connectivity index (χ0v) is 19.3. The van der Waals surface area contributed by atoms with E-state index in [0.717, 1.165) is 19.3 Å². The van der Waals surface area contributed by atoms with E-state index in [1.165, 1.54) is 12.7 Å². The number of rotatable bonds is 10. The molecule has 0 spiro atoms. The molecule has 2 N–H and O–H groups in total. The van der Waals surface area contributed by atoms with E-state index in [1.54, 1.807) is 29.1 Å². The van der Waals surface area contributed by atoms with Crippen LogP contribution < -0.4 is 15.2 Å². The van der Waals surface area contributed by atoms with Gasteiger partial charge in [0.25, 0.3) is 12.6 Å². The molecule has 1 aromatic heterocycles. The predicted molar refractivity (Wildman–Crippen MR) is 120 cm³/mol. The van der Waals surface area contributed by atoms with Gasteiger partial charge >= 0.3 is 12.1 Å². The minimum atomic E-state index is -0.733. The number of esters is 1. The molecule has 174 valence electrons. The zero-order chi connectivity index (χ0) is 23.5. The van der Waals surface area contributed by atoms with Crippen LogP contribution in [0.1, 0.15) is 56.8 Å². The van der Waals surface area contributed by atoms with Gasteiger partial charge in [0.05, 0.1) is 7.11 Å². The van der Waals surface area contributed by atoms with Crippen LogP contribution in [-0.4, -0.2) is 37.2 Å². The molecule has 1 aliphatic carbocycles. The van der Waals surface area contributed by atoms with Crippen molar-refractivity contribution >= 4 is 18.0 Å².